The zero-order valence-electron chi connectivity index (χ0n) is 11.1. The van der Waals surface area contributed by atoms with Gasteiger partial charge in [0.25, 0.3) is 0 Å². The SMILES string of the molecule is COC1CC(Nc2c(C)cccc2N)C1(C)C. The number of hydrogen-bond acceptors (Lipinski definition) is 3. The summed E-state index contributed by atoms with van der Waals surface area (Å²) in [5.74, 6) is 0. The molecule has 0 radical (unpaired) electrons. The number of para-hydroxylation sites is 1. The first-order chi connectivity index (χ1) is 7.96. The molecule has 2 rings (SSSR count). The summed E-state index contributed by atoms with van der Waals surface area (Å²) in [6, 6.07) is 6.43. The van der Waals surface area contributed by atoms with Crippen LogP contribution in [0, 0.1) is 12.3 Å². The summed E-state index contributed by atoms with van der Waals surface area (Å²) in [6.45, 7) is 6.55. The molecule has 0 amide bonds. The molecule has 0 heterocycles. The molecule has 3 nitrogen and oxygen atoms in total. The Morgan fingerprint density at radius 3 is 2.65 bits per heavy atom. The lowest BCUT2D eigenvalue weighted by Gasteiger charge is -2.51. The Balaban J connectivity index is 2.13. The van der Waals surface area contributed by atoms with E-state index in [2.05, 4.69) is 32.2 Å². The summed E-state index contributed by atoms with van der Waals surface area (Å²) in [4.78, 5) is 0. The third kappa shape index (κ3) is 2.00. The van der Waals surface area contributed by atoms with Gasteiger partial charge in [-0.15, -0.1) is 0 Å². The summed E-state index contributed by atoms with van der Waals surface area (Å²) >= 11 is 0. The minimum Gasteiger partial charge on any atom is -0.397 e. The average Bonchev–Trinajstić information content (AvgIpc) is 2.26. The Labute approximate surface area is 103 Å². The molecule has 3 heteroatoms. The highest BCUT2D eigenvalue weighted by molar-refractivity contribution is 5.70. The number of hydrogen-bond donors (Lipinski definition) is 2. The smallest absolute Gasteiger partial charge is 0.0661 e. The van der Waals surface area contributed by atoms with Gasteiger partial charge in [-0.3, -0.25) is 0 Å². The zero-order valence-corrected chi connectivity index (χ0v) is 11.1. The Morgan fingerprint density at radius 1 is 1.41 bits per heavy atom. The second-order valence-corrected chi connectivity index (χ2v) is 5.52. The van der Waals surface area contributed by atoms with Crippen molar-refractivity contribution >= 4 is 11.4 Å². The molecule has 0 bridgehead atoms. The van der Waals surface area contributed by atoms with Crippen molar-refractivity contribution in [2.75, 3.05) is 18.2 Å². The number of anilines is 2. The maximum Gasteiger partial charge on any atom is 0.0661 e. The van der Waals surface area contributed by atoms with E-state index < -0.39 is 0 Å². The number of aryl methyl sites for hydroxylation is 1. The predicted molar refractivity (Wildman–Crippen MR) is 72.2 cm³/mol. The van der Waals surface area contributed by atoms with Crippen molar-refractivity contribution in [3.8, 4) is 0 Å². The van der Waals surface area contributed by atoms with Gasteiger partial charge in [-0.1, -0.05) is 26.0 Å². The molecule has 0 spiro atoms. The molecule has 1 aromatic rings. The largest absolute Gasteiger partial charge is 0.397 e. The zero-order chi connectivity index (χ0) is 12.6. The highest BCUT2D eigenvalue weighted by Gasteiger charge is 2.48. The summed E-state index contributed by atoms with van der Waals surface area (Å²) in [7, 11) is 1.78. The van der Waals surface area contributed by atoms with Gasteiger partial charge in [0, 0.05) is 18.6 Å². The highest BCUT2D eigenvalue weighted by atomic mass is 16.5. The lowest BCUT2D eigenvalue weighted by atomic mass is 9.64. The van der Waals surface area contributed by atoms with Crippen LogP contribution < -0.4 is 11.1 Å². The van der Waals surface area contributed by atoms with Gasteiger partial charge in [-0.25, -0.2) is 0 Å². The molecule has 1 aliphatic carbocycles. The maximum absolute atomic E-state index is 6.01. The van der Waals surface area contributed by atoms with E-state index in [0.717, 1.165) is 17.8 Å². The normalized spacial score (nSPS) is 26.4. The lowest BCUT2D eigenvalue weighted by molar-refractivity contribution is -0.0794. The number of methoxy groups -OCH3 is 1. The van der Waals surface area contributed by atoms with Crippen LogP contribution in [0.2, 0.25) is 0 Å². The van der Waals surface area contributed by atoms with Crippen molar-refractivity contribution in [3.05, 3.63) is 23.8 Å². The number of nitrogen functional groups attached to an aromatic ring is 1. The molecule has 1 aromatic carbocycles. The van der Waals surface area contributed by atoms with Gasteiger partial charge in [0.1, 0.15) is 0 Å². The van der Waals surface area contributed by atoms with Gasteiger partial charge in [-0.2, -0.15) is 0 Å². The van der Waals surface area contributed by atoms with Gasteiger partial charge in [0.15, 0.2) is 0 Å². The lowest BCUT2D eigenvalue weighted by Crippen LogP contribution is -2.57. The molecule has 1 fully saturated rings. The fourth-order valence-corrected chi connectivity index (χ4v) is 2.59. The topological polar surface area (TPSA) is 47.3 Å². The summed E-state index contributed by atoms with van der Waals surface area (Å²) < 4.78 is 5.46. The van der Waals surface area contributed by atoms with Crippen LogP contribution in [0.1, 0.15) is 25.8 Å². The molecule has 1 aliphatic rings. The third-order valence-corrected chi connectivity index (χ3v) is 4.09. The molecule has 0 aliphatic heterocycles. The molecule has 94 valence electrons. The van der Waals surface area contributed by atoms with Gasteiger partial charge in [-0.05, 0) is 25.0 Å². The van der Waals surface area contributed by atoms with Crippen LogP contribution in [-0.4, -0.2) is 19.3 Å². The fourth-order valence-electron chi connectivity index (χ4n) is 2.59. The Hall–Kier alpha value is -1.22. The quantitative estimate of drug-likeness (QED) is 0.791. The molecular formula is C14H22N2O. The summed E-state index contributed by atoms with van der Waals surface area (Å²) in [5.41, 5.74) is 9.25. The number of nitrogens with two attached hydrogens (primary N) is 1. The number of ether oxygens (including phenoxy) is 1. The molecule has 2 unspecified atom stereocenters. The minimum absolute atomic E-state index is 0.156. The van der Waals surface area contributed by atoms with Crippen molar-refractivity contribution in [2.45, 2.75) is 39.3 Å². The summed E-state index contributed by atoms with van der Waals surface area (Å²) in [6.07, 6.45) is 1.38. The van der Waals surface area contributed by atoms with Crippen molar-refractivity contribution in [1.82, 2.24) is 0 Å². The first-order valence-corrected chi connectivity index (χ1v) is 6.11. The molecule has 2 atom stereocenters. The van der Waals surface area contributed by atoms with Crippen LogP contribution >= 0.6 is 0 Å². The fraction of sp³-hybridized carbons (Fsp3) is 0.571. The first-order valence-electron chi connectivity index (χ1n) is 6.11. The van der Waals surface area contributed by atoms with Crippen molar-refractivity contribution in [2.24, 2.45) is 5.41 Å². The van der Waals surface area contributed by atoms with Crippen LogP contribution in [0.4, 0.5) is 11.4 Å². The monoisotopic (exact) mass is 234 g/mol. The summed E-state index contributed by atoms with van der Waals surface area (Å²) in [5, 5.41) is 3.56. The van der Waals surface area contributed by atoms with Crippen LogP contribution in [0.5, 0.6) is 0 Å². The molecule has 3 N–H and O–H groups in total. The van der Waals surface area contributed by atoms with E-state index in [9.17, 15) is 0 Å². The van der Waals surface area contributed by atoms with E-state index in [4.69, 9.17) is 10.5 Å². The molecule has 0 aromatic heterocycles. The standard InChI is InChI=1S/C14H22N2O/c1-9-6-5-7-10(15)13(9)16-11-8-12(17-4)14(11,2)3/h5-7,11-12,16H,8,15H2,1-4H3. The van der Waals surface area contributed by atoms with E-state index in [1.54, 1.807) is 7.11 Å². The number of benzene rings is 1. The average molecular weight is 234 g/mol. The Morgan fingerprint density at radius 2 is 2.12 bits per heavy atom. The van der Waals surface area contributed by atoms with Gasteiger partial charge >= 0.3 is 0 Å². The highest BCUT2D eigenvalue weighted by Crippen LogP contribution is 2.44. The van der Waals surface area contributed by atoms with Crippen molar-refractivity contribution in [1.29, 1.82) is 0 Å². The number of nitrogens with one attached hydrogen (secondary N) is 1. The van der Waals surface area contributed by atoms with Crippen molar-refractivity contribution < 1.29 is 4.74 Å². The maximum atomic E-state index is 6.01. The van der Waals surface area contributed by atoms with Gasteiger partial charge < -0.3 is 15.8 Å². The van der Waals surface area contributed by atoms with E-state index in [-0.39, 0.29) is 5.41 Å². The van der Waals surface area contributed by atoms with Crippen LogP contribution in [0.15, 0.2) is 18.2 Å². The first kappa shape index (κ1) is 12.2. The molecule has 17 heavy (non-hydrogen) atoms. The van der Waals surface area contributed by atoms with E-state index in [1.165, 1.54) is 5.56 Å². The van der Waals surface area contributed by atoms with Crippen LogP contribution in [-0.2, 0) is 4.74 Å². The van der Waals surface area contributed by atoms with Crippen molar-refractivity contribution in [3.63, 3.8) is 0 Å². The third-order valence-electron chi connectivity index (χ3n) is 4.09. The Bertz CT molecular complexity index is 394. The van der Waals surface area contributed by atoms with Crippen LogP contribution in [0.3, 0.4) is 0 Å². The van der Waals surface area contributed by atoms with Gasteiger partial charge in [0.2, 0.25) is 0 Å². The second kappa shape index (κ2) is 4.22. The molecule has 1 saturated carbocycles. The molecular weight excluding hydrogens is 212 g/mol. The predicted octanol–water partition coefficient (Wildman–Crippen LogP) is 2.80. The molecule has 0 saturated heterocycles. The van der Waals surface area contributed by atoms with E-state index in [0.29, 0.717) is 12.1 Å². The van der Waals surface area contributed by atoms with Crippen LogP contribution in [0.25, 0.3) is 0 Å². The van der Waals surface area contributed by atoms with Gasteiger partial charge in [0.05, 0.1) is 17.5 Å². The second-order valence-electron chi connectivity index (χ2n) is 5.52. The van der Waals surface area contributed by atoms with E-state index >= 15 is 0 Å². The van der Waals surface area contributed by atoms with E-state index in [1.807, 2.05) is 12.1 Å². The number of rotatable bonds is 3. The minimum atomic E-state index is 0.156. The Kier molecular flexibility index (Phi) is 3.04.